The van der Waals surface area contributed by atoms with E-state index in [2.05, 4.69) is 10.2 Å². The number of aromatic nitrogens is 2. The first-order valence-electron chi connectivity index (χ1n) is 9.16. The lowest BCUT2D eigenvalue weighted by atomic mass is 10.1. The topological polar surface area (TPSA) is 81.2 Å². The molecule has 0 aliphatic heterocycles. The maximum absolute atomic E-state index is 13.1. The van der Waals surface area contributed by atoms with Crippen LogP contribution in [0.15, 0.2) is 57.6 Å². The van der Waals surface area contributed by atoms with E-state index in [-0.39, 0.29) is 24.5 Å². The van der Waals surface area contributed by atoms with Crippen molar-refractivity contribution in [3.05, 3.63) is 71.8 Å². The van der Waals surface area contributed by atoms with E-state index in [0.717, 1.165) is 25.2 Å². The van der Waals surface area contributed by atoms with Crippen molar-refractivity contribution in [2.45, 2.75) is 44.3 Å². The number of hydrogen-bond donors (Lipinski definition) is 1. The number of amides is 1. The van der Waals surface area contributed by atoms with Crippen molar-refractivity contribution in [2.75, 3.05) is 0 Å². The van der Waals surface area contributed by atoms with E-state index in [9.17, 15) is 18.0 Å². The maximum Gasteiger partial charge on any atom is 0.415 e. The van der Waals surface area contributed by atoms with Crippen LogP contribution in [0, 0.1) is 0 Å². The van der Waals surface area contributed by atoms with Gasteiger partial charge < -0.3 is 14.2 Å². The fourth-order valence-electron chi connectivity index (χ4n) is 2.80. The molecule has 6 nitrogen and oxygen atoms in total. The number of nitrogens with one attached hydrogen (secondary N) is 1. The molecule has 0 bridgehead atoms. The van der Waals surface area contributed by atoms with Gasteiger partial charge in [0.05, 0.1) is 6.26 Å². The Morgan fingerprint density at radius 3 is 2.38 bits per heavy atom. The highest BCUT2D eigenvalue weighted by Crippen LogP contribution is 2.32. The van der Waals surface area contributed by atoms with Crippen LogP contribution in [0.4, 0.5) is 13.2 Å². The highest BCUT2D eigenvalue weighted by molar-refractivity contribution is 5.76. The molecule has 0 fully saturated rings. The van der Waals surface area contributed by atoms with E-state index in [1.165, 1.54) is 11.6 Å². The fourth-order valence-corrected chi connectivity index (χ4v) is 2.80. The van der Waals surface area contributed by atoms with Crippen LogP contribution in [0.2, 0.25) is 0 Å². The second kappa shape index (κ2) is 9.40. The summed E-state index contributed by atoms with van der Waals surface area (Å²) in [6.45, 7) is 0. The zero-order valence-electron chi connectivity index (χ0n) is 15.5. The fraction of sp³-hybridized carbons (Fsp3) is 0.350. The number of nitrogens with zero attached hydrogens (tertiary/aromatic N) is 2. The molecule has 0 saturated carbocycles. The molecule has 1 N–H and O–H groups in total. The first kappa shape index (κ1) is 20.6. The van der Waals surface area contributed by atoms with Crippen LogP contribution >= 0.6 is 0 Å². The molecule has 0 spiro atoms. The van der Waals surface area contributed by atoms with Crippen LogP contribution in [0.25, 0.3) is 0 Å². The maximum atomic E-state index is 13.1. The Morgan fingerprint density at radius 2 is 1.72 bits per heavy atom. The Labute approximate surface area is 165 Å². The first-order valence-corrected chi connectivity index (χ1v) is 9.16. The van der Waals surface area contributed by atoms with Crippen LogP contribution in [-0.2, 0) is 24.1 Å². The molecular formula is C20H20F3N3O3. The summed E-state index contributed by atoms with van der Waals surface area (Å²) in [7, 11) is 0. The van der Waals surface area contributed by atoms with Crippen molar-refractivity contribution < 1.29 is 26.8 Å². The third kappa shape index (κ3) is 6.20. The minimum atomic E-state index is -4.66. The predicted molar refractivity (Wildman–Crippen MR) is 96.7 cm³/mol. The summed E-state index contributed by atoms with van der Waals surface area (Å²) in [4.78, 5) is 12.0. The molecule has 9 heteroatoms. The van der Waals surface area contributed by atoms with Gasteiger partial charge in [0, 0.05) is 19.3 Å². The molecule has 0 aliphatic rings. The molecule has 3 aromatic rings. The quantitative estimate of drug-likeness (QED) is 0.575. The van der Waals surface area contributed by atoms with Gasteiger partial charge in [-0.15, -0.1) is 10.2 Å². The number of alkyl halides is 3. The molecular weight excluding hydrogens is 387 g/mol. The zero-order valence-corrected chi connectivity index (χ0v) is 15.5. The summed E-state index contributed by atoms with van der Waals surface area (Å²) < 4.78 is 49.7. The average Bonchev–Trinajstić information content (AvgIpc) is 3.36. The zero-order chi connectivity index (χ0) is 20.7. The summed E-state index contributed by atoms with van der Waals surface area (Å²) in [6.07, 6.45) is -1.42. The molecule has 1 atom stereocenters. The number of furan rings is 1. The molecule has 154 valence electrons. The van der Waals surface area contributed by atoms with Gasteiger partial charge in [0.1, 0.15) is 5.76 Å². The molecule has 0 aliphatic carbocycles. The lowest BCUT2D eigenvalue weighted by Gasteiger charge is -2.19. The Hall–Kier alpha value is -3.10. The normalized spacial score (nSPS) is 12.7. The summed E-state index contributed by atoms with van der Waals surface area (Å²) in [5.41, 5.74) is 1.21. The van der Waals surface area contributed by atoms with E-state index < -0.39 is 18.1 Å². The van der Waals surface area contributed by atoms with Crippen molar-refractivity contribution in [3.8, 4) is 0 Å². The first-order chi connectivity index (χ1) is 13.9. The minimum absolute atomic E-state index is 0.0558. The lowest BCUT2D eigenvalue weighted by molar-refractivity contribution is -0.166. The molecule has 1 unspecified atom stereocenters. The molecule has 0 saturated heterocycles. The summed E-state index contributed by atoms with van der Waals surface area (Å²) in [5.74, 6) is -0.492. The number of carbonyl (C=O) groups excluding carboxylic acids is 1. The van der Waals surface area contributed by atoms with Crippen molar-refractivity contribution in [1.29, 1.82) is 0 Å². The van der Waals surface area contributed by atoms with Crippen LogP contribution in [0.3, 0.4) is 0 Å². The van der Waals surface area contributed by atoms with Crippen LogP contribution in [0.5, 0.6) is 0 Å². The molecule has 2 aromatic heterocycles. The second-order valence-corrected chi connectivity index (χ2v) is 6.49. The van der Waals surface area contributed by atoms with Gasteiger partial charge in [-0.2, -0.15) is 13.2 Å². The lowest BCUT2D eigenvalue weighted by Crippen LogP contribution is -2.38. The second-order valence-electron chi connectivity index (χ2n) is 6.49. The van der Waals surface area contributed by atoms with E-state index in [4.69, 9.17) is 8.83 Å². The minimum Gasteiger partial charge on any atom is -0.467 e. The van der Waals surface area contributed by atoms with Gasteiger partial charge in [-0.3, -0.25) is 4.79 Å². The van der Waals surface area contributed by atoms with Gasteiger partial charge in [-0.05, 0) is 30.5 Å². The standard InChI is InChI=1S/C20H20F3N3O3/c21-20(22,23)19(15-9-5-13-28-15)24-16(27)11-12-18-26-25-17(29-18)10-4-8-14-6-2-1-3-7-14/h1-3,5-7,9,13,19H,4,8,10-12H2,(H,24,27). The highest BCUT2D eigenvalue weighted by Gasteiger charge is 2.43. The highest BCUT2D eigenvalue weighted by atomic mass is 19.4. The number of carbonyl (C=O) groups is 1. The van der Waals surface area contributed by atoms with E-state index in [0.29, 0.717) is 12.3 Å². The third-order valence-corrected chi connectivity index (χ3v) is 4.23. The Balaban J connectivity index is 1.45. The van der Waals surface area contributed by atoms with Gasteiger partial charge in [0.15, 0.2) is 6.04 Å². The van der Waals surface area contributed by atoms with Gasteiger partial charge in [0.25, 0.3) is 0 Å². The number of rotatable bonds is 9. The van der Waals surface area contributed by atoms with Gasteiger partial charge >= 0.3 is 6.18 Å². The monoisotopic (exact) mass is 407 g/mol. The van der Waals surface area contributed by atoms with Crippen molar-refractivity contribution in [1.82, 2.24) is 15.5 Å². The summed E-state index contributed by atoms with van der Waals surface area (Å²) in [6, 6.07) is 10.3. The van der Waals surface area contributed by atoms with Crippen molar-refractivity contribution in [3.63, 3.8) is 0 Å². The molecule has 1 amide bonds. The Morgan fingerprint density at radius 1 is 1.00 bits per heavy atom. The van der Waals surface area contributed by atoms with Crippen LogP contribution in [0.1, 0.15) is 42.0 Å². The summed E-state index contributed by atoms with van der Waals surface area (Å²) >= 11 is 0. The summed E-state index contributed by atoms with van der Waals surface area (Å²) in [5, 5.41) is 9.72. The van der Waals surface area contributed by atoms with Crippen LogP contribution in [-0.4, -0.2) is 22.3 Å². The molecule has 1 aromatic carbocycles. The molecule has 29 heavy (non-hydrogen) atoms. The largest absolute Gasteiger partial charge is 0.467 e. The van der Waals surface area contributed by atoms with E-state index >= 15 is 0 Å². The van der Waals surface area contributed by atoms with Crippen molar-refractivity contribution in [2.24, 2.45) is 0 Å². The van der Waals surface area contributed by atoms with Gasteiger partial charge in [-0.1, -0.05) is 30.3 Å². The van der Waals surface area contributed by atoms with Crippen LogP contribution < -0.4 is 5.32 Å². The smallest absolute Gasteiger partial charge is 0.415 e. The number of aryl methyl sites for hydroxylation is 3. The SMILES string of the molecule is O=C(CCc1nnc(CCCc2ccccc2)o1)NC(c1ccco1)C(F)(F)F. The molecule has 3 rings (SSSR count). The third-order valence-electron chi connectivity index (χ3n) is 4.23. The Kier molecular flexibility index (Phi) is 6.69. The predicted octanol–water partition coefficient (Wildman–Crippen LogP) is 4.19. The molecule has 0 radical (unpaired) electrons. The average molecular weight is 407 g/mol. The van der Waals surface area contributed by atoms with E-state index in [1.54, 1.807) is 0 Å². The molecule has 2 heterocycles. The number of halogens is 3. The van der Waals surface area contributed by atoms with E-state index in [1.807, 2.05) is 35.6 Å². The number of hydrogen-bond acceptors (Lipinski definition) is 5. The Bertz CT molecular complexity index is 893. The number of benzene rings is 1. The van der Waals surface area contributed by atoms with Gasteiger partial charge in [0.2, 0.25) is 17.7 Å². The van der Waals surface area contributed by atoms with Gasteiger partial charge in [-0.25, -0.2) is 0 Å². The van der Waals surface area contributed by atoms with Crippen molar-refractivity contribution >= 4 is 5.91 Å².